The molecule has 112 valence electrons. The molecule has 0 radical (unpaired) electrons. The second-order valence-electron chi connectivity index (χ2n) is 5.96. The molecule has 1 aromatic carbocycles. The summed E-state index contributed by atoms with van der Waals surface area (Å²) in [4.78, 5) is 19.6. The molecule has 0 fully saturated rings. The molecule has 4 nitrogen and oxygen atoms in total. The van der Waals surface area contributed by atoms with Gasteiger partial charge in [0.25, 0.3) is 5.56 Å². The highest BCUT2D eigenvalue weighted by atomic mass is 127. The predicted molar refractivity (Wildman–Crippen MR) is 92.4 cm³/mol. The van der Waals surface area contributed by atoms with Crippen molar-refractivity contribution < 1.29 is 4.74 Å². The molecule has 2 aromatic rings. The number of benzene rings is 1. The molecule has 0 unspecified atom stereocenters. The third-order valence-electron chi connectivity index (χ3n) is 3.11. The van der Waals surface area contributed by atoms with Crippen molar-refractivity contribution in [2.75, 3.05) is 7.11 Å². The van der Waals surface area contributed by atoms with Gasteiger partial charge in [-0.15, -0.1) is 0 Å². The molecule has 0 amide bonds. The Labute approximate surface area is 138 Å². The highest BCUT2D eigenvalue weighted by Crippen LogP contribution is 2.25. The number of hydrogen-bond acceptors (Lipinski definition) is 3. The van der Waals surface area contributed by atoms with E-state index >= 15 is 0 Å². The van der Waals surface area contributed by atoms with Crippen LogP contribution < -0.4 is 5.56 Å². The summed E-state index contributed by atoms with van der Waals surface area (Å²) in [5.41, 5.74) is 2.54. The fourth-order valence-corrected chi connectivity index (χ4v) is 3.08. The first-order valence-corrected chi connectivity index (χ1v) is 7.79. The lowest BCUT2D eigenvalue weighted by molar-refractivity contribution is 0.185. The lowest BCUT2D eigenvalue weighted by atomic mass is 9.92. The van der Waals surface area contributed by atoms with E-state index < -0.39 is 0 Å². The molecule has 0 bridgehead atoms. The summed E-state index contributed by atoms with van der Waals surface area (Å²) in [5, 5.41) is 0. The van der Waals surface area contributed by atoms with Gasteiger partial charge in [0, 0.05) is 18.1 Å². The molecule has 2 rings (SSSR count). The second-order valence-corrected chi connectivity index (χ2v) is 7.04. The number of H-pyrrole nitrogens is 1. The first-order chi connectivity index (χ1) is 9.82. The number of nitrogens with one attached hydrogen (secondary N) is 1. The third kappa shape index (κ3) is 3.71. The Kier molecular flexibility index (Phi) is 4.83. The minimum atomic E-state index is -0.171. The van der Waals surface area contributed by atoms with Crippen molar-refractivity contribution in [3.8, 4) is 11.4 Å². The van der Waals surface area contributed by atoms with Crippen LogP contribution in [0.5, 0.6) is 0 Å². The van der Waals surface area contributed by atoms with E-state index in [2.05, 4.69) is 53.3 Å². The SMILES string of the molecule is COCc1ccc(-c2nc(C(C)(C)C)c(I)c(=O)[nH]2)cc1. The Hall–Kier alpha value is -1.21. The maximum atomic E-state index is 12.1. The van der Waals surface area contributed by atoms with Crippen LogP contribution in [-0.4, -0.2) is 17.1 Å². The van der Waals surface area contributed by atoms with Gasteiger partial charge in [-0.1, -0.05) is 45.0 Å². The van der Waals surface area contributed by atoms with Crippen molar-refractivity contribution in [2.45, 2.75) is 32.8 Å². The number of hydrogen-bond donors (Lipinski definition) is 1. The van der Waals surface area contributed by atoms with Gasteiger partial charge in [-0.3, -0.25) is 4.79 Å². The highest BCUT2D eigenvalue weighted by molar-refractivity contribution is 14.1. The van der Waals surface area contributed by atoms with Crippen molar-refractivity contribution in [2.24, 2.45) is 0 Å². The fourth-order valence-electron chi connectivity index (χ4n) is 2.02. The van der Waals surface area contributed by atoms with E-state index in [-0.39, 0.29) is 11.0 Å². The van der Waals surface area contributed by atoms with E-state index in [0.29, 0.717) is 16.0 Å². The Morgan fingerprint density at radius 3 is 2.38 bits per heavy atom. The maximum absolute atomic E-state index is 12.1. The molecule has 5 heteroatoms. The van der Waals surface area contributed by atoms with Gasteiger partial charge in [-0.05, 0) is 28.2 Å². The van der Waals surface area contributed by atoms with Crippen LogP contribution in [0.25, 0.3) is 11.4 Å². The molecule has 0 spiro atoms. The molecular weight excluding hydrogens is 379 g/mol. The van der Waals surface area contributed by atoms with E-state index in [1.807, 2.05) is 24.3 Å². The summed E-state index contributed by atoms with van der Waals surface area (Å²) in [6.45, 7) is 6.75. The predicted octanol–water partition coefficient (Wildman–Crippen LogP) is 3.49. The molecule has 1 aromatic heterocycles. The standard InChI is InChI=1S/C16H19IN2O2/c1-16(2,3)13-12(17)15(20)19-14(18-13)11-7-5-10(6-8-11)9-21-4/h5-8H,9H2,1-4H3,(H,18,19,20). The van der Waals surface area contributed by atoms with Gasteiger partial charge in [0.15, 0.2) is 0 Å². The second kappa shape index (κ2) is 6.27. The number of halogens is 1. The summed E-state index contributed by atoms with van der Waals surface area (Å²) in [7, 11) is 1.67. The van der Waals surface area contributed by atoms with Crippen LogP contribution in [0.4, 0.5) is 0 Å². The van der Waals surface area contributed by atoms with E-state index in [1.54, 1.807) is 7.11 Å². The summed E-state index contributed by atoms with van der Waals surface area (Å²) >= 11 is 2.06. The van der Waals surface area contributed by atoms with E-state index in [1.165, 1.54) is 0 Å². The summed E-state index contributed by atoms with van der Waals surface area (Å²) < 4.78 is 5.75. The highest BCUT2D eigenvalue weighted by Gasteiger charge is 2.22. The minimum Gasteiger partial charge on any atom is -0.380 e. The molecule has 0 saturated carbocycles. The van der Waals surface area contributed by atoms with Crippen molar-refractivity contribution in [3.63, 3.8) is 0 Å². The van der Waals surface area contributed by atoms with Crippen LogP contribution in [0.1, 0.15) is 32.0 Å². The molecular formula is C16H19IN2O2. The fraction of sp³-hybridized carbons (Fsp3) is 0.375. The van der Waals surface area contributed by atoms with Crippen LogP contribution in [0.15, 0.2) is 29.1 Å². The third-order valence-corrected chi connectivity index (χ3v) is 4.11. The lowest BCUT2D eigenvalue weighted by Gasteiger charge is -2.19. The van der Waals surface area contributed by atoms with Crippen LogP contribution in [0, 0.1) is 3.57 Å². The average Bonchev–Trinajstić information content (AvgIpc) is 2.41. The van der Waals surface area contributed by atoms with Crippen LogP contribution in [-0.2, 0) is 16.8 Å². The molecule has 0 aliphatic rings. The molecule has 0 atom stereocenters. The average molecular weight is 398 g/mol. The zero-order valence-electron chi connectivity index (χ0n) is 12.7. The smallest absolute Gasteiger partial charge is 0.264 e. The number of rotatable bonds is 3. The summed E-state index contributed by atoms with van der Waals surface area (Å²) in [6, 6.07) is 7.86. The van der Waals surface area contributed by atoms with Crippen molar-refractivity contribution in [1.29, 1.82) is 0 Å². The van der Waals surface area contributed by atoms with Gasteiger partial charge in [0.2, 0.25) is 0 Å². The number of nitrogens with zero attached hydrogens (tertiary/aromatic N) is 1. The van der Waals surface area contributed by atoms with Crippen molar-refractivity contribution in [3.05, 3.63) is 49.4 Å². The largest absolute Gasteiger partial charge is 0.380 e. The number of aromatic nitrogens is 2. The number of ether oxygens (including phenoxy) is 1. The Bertz CT molecular complexity index is 685. The number of methoxy groups -OCH3 is 1. The number of aromatic amines is 1. The topological polar surface area (TPSA) is 55.0 Å². The van der Waals surface area contributed by atoms with E-state index in [9.17, 15) is 4.79 Å². The van der Waals surface area contributed by atoms with E-state index in [4.69, 9.17) is 4.74 Å². The zero-order chi connectivity index (χ0) is 15.6. The van der Waals surface area contributed by atoms with Crippen LogP contribution >= 0.6 is 22.6 Å². The minimum absolute atomic E-state index is 0.0912. The molecule has 1 heterocycles. The zero-order valence-corrected chi connectivity index (χ0v) is 14.8. The molecule has 0 aliphatic carbocycles. The van der Waals surface area contributed by atoms with Gasteiger partial charge < -0.3 is 9.72 Å². The molecule has 21 heavy (non-hydrogen) atoms. The first-order valence-electron chi connectivity index (χ1n) is 6.71. The molecule has 0 aliphatic heterocycles. The van der Waals surface area contributed by atoms with E-state index in [0.717, 1.165) is 16.8 Å². The van der Waals surface area contributed by atoms with Crippen molar-refractivity contribution >= 4 is 22.6 Å². The van der Waals surface area contributed by atoms with Crippen LogP contribution in [0.3, 0.4) is 0 Å². The summed E-state index contributed by atoms with van der Waals surface area (Å²) in [6.07, 6.45) is 0. The molecule has 1 N–H and O–H groups in total. The quantitative estimate of drug-likeness (QED) is 0.806. The first kappa shape index (κ1) is 16.2. The monoisotopic (exact) mass is 398 g/mol. The van der Waals surface area contributed by atoms with Gasteiger partial charge in [0.05, 0.1) is 12.3 Å². The Morgan fingerprint density at radius 2 is 1.86 bits per heavy atom. The van der Waals surface area contributed by atoms with Crippen molar-refractivity contribution in [1.82, 2.24) is 9.97 Å². The molecule has 0 saturated heterocycles. The van der Waals surface area contributed by atoms with Gasteiger partial charge in [-0.25, -0.2) is 4.98 Å². The van der Waals surface area contributed by atoms with Gasteiger partial charge in [0.1, 0.15) is 9.39 Å². The maximum Gasteiger partial charge on any atom is 0.264 e. The van der Waals surface area contributed by atoms with Gasteiger partial charge >= 0.3 is 0 Å². The summed E-state index contributed by atoms with van der Waals surface area (Å²) in [5.74, 6) is 0.606. The Balaban J connectivity index is 2.49. The lowest BCUT2D eigenvalue weighted by Crippen LogP contribution is -2.24. The Morgan fingerprint density at radius 1 is 1.24 bits per heavy atom. The van der Waals surface area contributed by atoms with Crippen LogP contribution in [0.2, 0.25) is 0 Å². The normalized spacial score (nSPS) is 11.7. The van der Waals surface area contributed by atoms with Gasteiger partial charge in [-0.2, -0.15) is 0 Å².